The summed E-state index contributed by atoms with van der Waals surface area (Å²) in [5.74, 6) is 0.499. The lowest BCUT2D eigenvalue weighted by Gasteiger charge is -2.39. The SMILES string of the molecule is CCC1CN(c2nn(C)cc2[N+](=O)[O-])C(CC)CN1. The third kappa shape index (κ3) is 2.70. The van der Waals surface area contributed by atoms with Crippen LogP contribution >= 0.6 is 0 Å². The van der Waals surface area contributed by atoms with E-state index < -0.39 is 0 Å². The Morgan fingerprint density at radius 2 is 2.26 bits per heavy atom. The summed E-state index contributed by atoms with van der Waals surface area (Å²) in [5.41, 5.74) is 0.0951. The number of piperazine rings is 1. The highest BCUT2D eigenvalue weighted by Gasteiger charge is 2.32. The van der Waals surface area contributed by atoms with E-state index in [0.717, 1.165) is 25.9 Å². The molecule has 0 aromatic carbocycles. The lowest BCUT2D eigenvalue weighted by atomic mass is 10.1. The van der Waals surface area contributed by atoms with E-state index in [1.54, 1.807) is 7.05 Å². The fraction of sp³-hybridized carbons (Fsp3) is 0.750. The fourth-order valence-corrected chi connectivity index (χ4v) is 2.56. The van der Waals surface area contributed by atoms with Gasteiger partial charge in [-0.25, -0.2) is 0 Å². The highest BCUT2D eigenvalue weighted by atomic mass is 16.6. The highest BCUT2D eigenvalue weighted by Crippen LogP contribution is 2.29. The van der Waals surface area contributed by atoms with Gasteiger partial charge in [0.2, 0.25) is 5.82 Å². The number of hydrogen-bond acceptors (Lipinski definition) is 5. The van der Waals surface area contributed by atoms with Gasteiger partial charge in [-0.1, -0.05) is 13.8 Å². The van der Waals surface area contributed by atoms with Crippen molar-refractivity contribution in [2.75, 3.05) is 18.0 Å². The number of rotatable bonds is 4. The predicted molar refractivity (Wildman–Crippen MR) is 73.4 cm³/mol. The van der Waals surface area contributed by atoms with Crippen molar-refractivity contribution in [3.63, 3.8) is 0 Å². The zero-order chi connectivity index (χ0) is 14.0. The number of nitrogens with zero attached hydrogens (tertiary/aromatic N) is 4. The maximum absolute atomic E-state index is 11.1. The molecule has 106 valence electrons. The molecule has 0 aliphatic carbocycles. The topological polar surface area (TPSA) is 76.2 Å². The molecule has 0 amide bonds. The number of aromatic nitrogens is 2. The first-order valence-corrected chi connectivity index (χ1v) is 6.74. The molecule has 2 atom stereocenters. The molecule has 0 bridgehead atoms. The Kier molecular flexibility index (Phi) is 4.04. The Hall–Kier alpha value is -1.63. The summed E-state index contributed by atoms with van der Waals surface area (Å²) in [7, 11) is 1.72. The second kappa shape index (κ2) is 5.56. The van der Waals surface area contributed by atoms with Crippen LogP contribution in [0.1, 0.15) is 26.7 Å². The van der Waals surface area contributed by atoms with Gasteiger partial charge in [-0.2, -0.15) is 0 Å². The Morgan fingerprint density at radius 1 is 1.53 bits per heavy atom. The molecule has 0 saturated carbocycles. The summed E-state index contributed by atoms with van der Waals surface area (Å²) in [5, 5.41) is 18.9. The maximum atomic E-state index is 11.1. The molecule has 1 fully saturated rings. The minimum absolute atomic E-state index is 0.0951. The van der Waals surface area contributed by atoms with E-state index in [4.69, 9.17) is 0 Å². The molecule has 1 aromatic rings. The number of hydrogen-bond donors (Lipinski definition) is 1. The van der Waals surface area contributed by atoms with Crippen molar-refractivity contribution < 1.29 is 4.92 Å². The summed E-state index contributed by atoms with van der Waals surface area (Å²) >= 11 is 0. The summed E-state index contributed by atoms with van der Waals surface area (Å²) in [6, 6.07) is 0.626. The molecule has 1 aliphatic heterocycles. The van der Waals surface area contributed by atoms with Gasteiger partial charge in [0.05, 0.1) is 4.92 Å². The average Bonchev–Trinajstić information content (AvgIpc) is 2.80. The van der Waals surface area contributed by atoms with Gasteiger partial charge in [0, 0.05) is 32.2 Å². The van der Waals surface area contributed by atoms with Gasteiger partial charge in [-0.15, -0.1) is 5.10 Å². The number of aryl methyl sites for hydroxylation is 1. The Balaban J connectivity index is 2.33. The van der Waals surface area contributed by atoms with Gasteiger partial charge in [0.1, 0.15) is 6.20 Å². The third-order valence-corrected chi connectivity index (χ3v) is 3.72. The standard InChI is InChI=1S/C12H21N5O2/c1-4-9-7-16(10(5-2)6-13-9)12-11(17(18)19)8-15(3)14-12/h8-10,13H,4-7H2,1-3H3. The van der Waals surface area contributed by atoms with Crippen LogP contribution in [0.3, 0.4) is 0 Å². The van der Waals surface area contributed by atoms with Crippen LogP contribution in [0, 0.1) is 10.1 Å². The van der Waals surface area contributed by atoms with Crippen LogP contribution < -0.4 is 10.2 Å². The van der Waals surface area contributed by atoms with Crippen LogP contribution in [0.15, 0.2) is 6.20 Å². The van der Waals surface area contributed by atoms with Crippen molar-refractivity contribution in [2.24, 2.45) is 7.05 Å². The van der Waals surface area contributed by atoms with Gasteiger partial charge in [-0.05, 0) is 12.8 Å². The smallest absolute Gasteiger partial charge is 0.330 e. The third-order valence-electron chi connectivity index (χ3n) is 3.72. The number of nitro groups is 1. The quantitative estimate of drug-likeness (QED) is 0.657. The molecule has 0 spiro atoms. The largest absolute Gasteiger partial charge is 0.344 e. The first kappa shape index (κ1) is 13.8. The molecule has 2 rings (SSSR count). The van der Waals surface area contributed by atoms with Gasteiger partial charge < -0.3 is 10.2 Å². The monoisotopic (exact) mass is 267 g/mol. The number of anilines is 1. The van der Waals surface area contributed by atoms with Gasteiger partial charge in [0.15, 0.2) is 0 Å². The second-order valence-corrected chi connectivity index (χ2v) is 5.00. The molecular weight excluding hydrogens is 246 g/mol. The molecule has 7 heteroatoms. The van der Waals surface area contributed by atoms with Crippen LogP contribution in [-0.4, -0.2) is 39.9 Å². The summed E-state index contributed by atoms with van der Waals surface area (Å²) in [6.07, 6.45) is 3.43. The normalized spacial score (nSPS) is 23.6. The van der Waals surface area contributed by atoms with E-state index >= 15 is 0 Å². The predicted octanol–water partition coefficient (Wildman–Crippen LogP) is 1.30. The summed E-state index contributed by atoms with van der Waals surface area (Å²) in [6.45, 7) is 5.84. The summed E-state index contributed by atoms with van der Waals surface area (Å²) < 4.78 is 1.52. The van der Waals surface area contributed by atoms with E-state index in [1.807, 2.05) is 0 Å². The molecule has 1 N–H and O–H groups in total. The minimum atomic E-state index is -0.349. The van der Waals surface area contributed by atoms with Crippen LogP contribution in [0.25, 0.3) is 0 Å². The van der Waals surface area contributed by atoms with Crippen molar-refractivity contribution in [2.45, 2.75) is 38.8 Å². The molecule has 1 aromatic heterocycles. The first-order chi connectivity index (χ1) is 9.06. The molecule has 1 aliphatic rings. The highest BCUT2D eigenvalue weighted by molar-refractivity contribution is 5.58. The van der Waals surface area contributed by atoms with Crippen molar-refractivity contribution in [3.05, 3.63) is 16.3 Å². The van der Waals surface area contributed by atoms with E-state index in [0.29, 0.717) is 11.9 Å². The average molecular weight is 267 g/mol. The molecule has 1 saturated heterocycles. The van der Waals surface area contributed by atoms with Crippen LogP contribution in [0.4, 0.5) is 11.5 Å². The first-order valence-electron chi connectivity index (χ1n) is 6.74. The molecule has 19 heavy (non-hydrogen) atoms. The van der Waals surface area contributed by atoms with Crippen molar-refractivity contribution in [1.82, 2.24) is 15.1 Å². The van der Waals surface area contributed by atoms with Gasteiger partial charge >= 0.3 is 5.69 Å². The molecular formula is C12H21N5O2. The van der Waals surface area contributed by atoms with Crippen molar-refractivity contribution >= 4 is 11.5 Å². The van der Waals surface area contributed by atoms with E-state index in [1.165, 1.54) is 10.9 Å². The van der Waals surface area contributed by atoms with Gasteiger partial charge in [-0.3, -0.25) is 14.8 Å². The van der Waals surface area contributed by atoms with Crippen LogP contribution in [0.5, 0.6) is 0 Å². The maximum Gasteiger partial charge on any atom is 0.330 e. The van der Waals surface area contributed by atoms with E-state index in [2.05, 4.69) is 29.2 Å². The lowest BCUT2D eigenvalue weighted by Crippen LogP contribution is -2.56. The zero-order valence-electron chi connectivity index (χ0n) is 11.7. The molecule has 2 heterocycles. The lowest BCUT2D eigenvalue weighted by molar-refractivity contribution is -0.384. The summed E-state index contributed by atoms with van der Waals surface area (Å²) in [4.78, 5) is 12.9. The zero-order valence-corrected chi connectivity index (χ0v) is 11.7. The van der Waals surface area contributed by atoms with Gasteiger partial charge in [0.25, 0.3) is 0 Å². The van der Waals surface area contributed by atoms with E-state index in [-0.39, 0.29) is 16.7 Å². The fourth-order valence-electron chi connectivity index (χ4n) is 2.56. The molecule has 7 nitrogen and oxygen atoms in total. The number of nitrogens with one attached hydrogen (secondary N) is 1. The van der Waals surface area contributed by atoms with Crippen LogP contribution in [-0.2, 0) is 7.05 Å². The van der Waals surface area contributed by atoms with Crippen molar-refractivity contribution in [1.29, 1.82) is 0 Å². The minimum Gasteiger partial charge on any atom is -0.344 e. The van der Waals surface area contributed by atoms with Crippen molar-refractivity contribution in [3.8, 4) is 0 Å². The Bertz CT molecular complexity index is 459. The van der Waals surface area contributed by atoms with Crippen LogP contribution in [0.2, 0.25) is 0 Å². The Morgan fingerprint density at radius 3 is 2.84 bits per heavy atom. The second-order valence-electron chi connectivity index (χ2n) is 5.00. The Labute approximate surface area is 112 Å². The molecule has 0 radical (unpaired) electrons. The molecule has 2 unspecified atom stereocenters. The van der Waals surface area contributed by atoms with E-state index in [9.17, 15) is 10.1 Å².